The molecule has 0 amide bonds. The minimum atomic E-state index is 0.242. The van der Waals surface area contributed by atoms with Gasteiger partial charge in [-0.05, 0) is 44.2 Å². The molecule has 0 saturated carbocycles. The Kier molecular flexibility index (Phi) is 3.14. The van der Waals surface area contributed by atoms with Crippen molar-refractivity contribution in [2.24, 2.45) is 0 Å². The minimum absolute atomic E-state index is 0.242. The van der Waals surface area contributed by atoms with Gasteiger partial charge < -0.3 is 9.67 Å². The average molecular weight is 287 g/mol. The van der Waals surface area contributed by atoms with E-state index in [4.69, 9.17) is 11.6 Å². The van der Waals surface area contributed by atoms with Crippen molar-refractivity contribution >= 4 is 22.6 Å². The van der Waals surface area contributed by atoms with E-state index >= 15 is 0 Å². The largest absolute Gasteiger partial charge is 0.507 e. The molecule has 20 heavy (non-hydrogen) atoms. The third-order valence-corrected chi connectivity index (χ3v) is 3.65. The third-order valence-electron chi connectivity index (χ3n) is 3.42. The third kappa shape index (κ3) is 2.04. The highest BCUT2D eigenvalue weighted by Crippen LogP contribution is 2.32. The predicted molar refractivity (Wildman–Crippen MR) is 82.3 cm³/mol. The first-order chi connectivity index (χ1) is 9.60. The summed E-state index contributed by atoms with van der Waals surface area (Å²) >= 11 is 6.03. The van der Waals surface area contributed by atoms with Crippen molar-refractivity contribution in [3.05, 3.63) is 47.0 Å². The van der Waals surface area contributed by atoms with E-state index in [1.54, 1.807) is 6.07 Å². The van der Waals surface area contributed by atoms with Crippen LogP contribution in [-0.4, -0.2) is 14.7 Å². The smallest absolute Gasteiger partial charge is 0.144 e. The van der Waals surface area contributed by atoms with Crippen LogP contribution in [0.15, 0.2) is 36.4 Å². The van der Waals surface area contributed by atoms with Crippen LogP contribution in [0.25, 0.3) is 22.4 Å². The molecule has 0 spiro atoms. The molecule has 0 unspecified atom stereocenters. The molecule has 1 aromatic heterocycles. The van der Waals surface area contributed by atoms with Crippen molar-refractivity contribution in [2.75, 3.05) is 0 Å². The Morgan fingerprint density at radius 2 is 2.00 bits per heavy atom. The number of aromatic hydroxyl groups is 1. The fraction of sp³-hybridized carbons (Fsp3) is 0.188. The number of halogens is 1. The Bertz CT molecular complexity index is 793. The number of imidazole rings is 1. The number of fused-ring (bicyclic) bond motifs is 1. The van der Waals surface area contributed by atoms with Crippen LogP contribution in [-0.2, 0) is 6.54 Å². The number of hydrogen-bond acceptors (Lipinski definition) is 2. The monoisotopic (exact) mass is 286 g/mol. The number of rotatable bonds is 2. The summed E-state index contributed by atoms with van der Waals surface area (Å²) < 4.78 is 2.08. The molecule has 1 heterocycles. The van der Waals surface area contributed by atoms with Crippen LogP contribution < -0.4 is 0 Å². The van der Waals surface area contributed by atoms with Crippen LogP contribution in [0.1, 0.15) is 12.5 Å². The number of hydrogen-bond donors (Lipinski definition) is 1. The van der Waals surface area contributed by atoms with Gasteiger partial charge in [0.25, 0.3) is 0 Å². The van der Waals surface area contributed by atoms with Crippen LogP contribution in [0.3, 0.4) is 0 Å². The van der Waals surface area contributed by atoms with Gasteiger partial charge >= 0.3 is 0 Å². The predicted octanol–water partition coefficient (Wildman–Crippen LogP) is 4.39. The topological polar surface area (TPSA) is 38.0 Å². The molecule has 3 nitrogen and oxygen atoms in total. The summed E-state index contributed by atoms with van der Waals surface area (Å²) in [5, 5.41) is 10.8. The van der Waals surface area contributed by atoms with E-state index in [1.165, 1.54) is 0 Å². The molecule has 0 bridgehead atoms. The van der Waals surface area contributed by atoms with Gasteiger partial charge in [-0.2, -0.15) is 0 Å². The standard InChI is InChI=1S/C16H15ClN2O/c1-3-19-14-6-5-11(17)9-13(14)18-16(19)12-8-10(2)4-7-15(12)20/h4-9,20H,3H2,1-2H3. The van der Waals surface area contributed by atoms with E-state index in [0.717, 1.165) is 34.5 Å². The van der Waals surface area contributed by atoms with Crippen LogP contribution in [0.4, 0.5) is 0 Å². The van der Waals surface area contributed by atoms with Gasteiger partial charge in [0.15, 0.2) is 0 Å². The highest BCUT2D eigenvalue weighted by Gasteiger charge is 2.15. The lowest BCUT2D eigenvalue weighted by Crippen LogP contribution is -1.97. The molecule has 1 N–H and O–H groups in total. The summed E-state index contributed by atoms with van der Waals surface area (Å²) in [5.41, 5.74) is 3.70. The normalized spacial score (nSPS) is 11.2. The maximum Gasteiger partial charge on any atom is 0.144 e. The van der Waals surface area contributed by atoms with Crippen molar-refractivity contribution in [3.8, 4) is 17.1 Å². The van der Waals surface area contributed by atoms with Gasteiger partial charge in [-0.3, -0.25) is 0 Å². The van der Waals surface area contributed by atoms with E-state index in [9.17, 15) is 5.11 Å². The Labute approximate surface area is 122 Å². The molecule has 0 atom stereocenters. The lowest BCUT2D eigenvalue weighted by Gasteiger charge is -2.08. The van der Waals surface area contributed by atoms with Crippen LogP contribution >= 0.6 is 11.6 Å². The molecular weight excluding hydrogens is 272 g/mol. The summed E-state index contributed by atoms with van der Waals surface area (Å²) in [6.45, 7) is 4.84. The maximum absolute atomic E-state index is 10.1. The summed E-state index contributed by atoms with van der Waals surface area (Å²) in [6.07, 6.45) is 0. The second-order valence-corrected chi connectivity index (χ2v) is 5.27. The van der Waals surface area contributed by atoms with E-state index in [0.29, 0.717) is 5.02 Å². The minimum Gasteiger partial charge on any atom is -0.507 e. The summed E-state index contributed by atoms with van der Waals surface area (Å²) in [6, 6.07) is 11.2. The molecule has 0 aliphatic heterocycles. The number of phenols is 1. The van der Waals surface area contributed by atoms with Gasteiger partial charge in [-0.1, -0.05) is 23.2 Å². The highest BCUT2D eigenvalue weighted by atomic mass is 35.5. The SMILES string of the molecule is CCn1c(-c2cc(C)ccc2O)nc2cc(Cl)ccc21. The Morgan fingerprint density at radius 1 is 1.20 bits per heavy atom. The Hall–Kier alpha value is -2.00. The molecule has 0 aliphatic rings. The van der Waals surface area contributed by atoms with Gasteiger partial charge in [-0.25, -0.2) is 4.98 Å². The first kappa shape index (κ1) is 13.0. The van der Waals surface area contributed by atoms with E-state index < -0.39 is 0 Å². The molecule has 0 saturated heterocycles. The van der Waals surface area contributed by atoms with E-state index in [-0.39, 0.29) is 5.75 Å². The van der Waals surface area contributed by atoms with Crippen molar-refractivity contribution in [1.82, 2.24) is 9.55 Å². The lowest BCUT2D eigenvalue weighted by atomic mass is 10.1. The fourth-order valence-electron chi connectivity index (χ4n) is 2.46. The van der Waals surface area contributed by atoms with Crippen LogP contribution in [0, 0.1) is 6.92 Å². The zero-order valence-corrected chi connectivity index (χ0v) is 12.1. The fourth-order valence-corrected chi connectivity index (χ4v) is 2.62. The molecule has 2 aromatic carbocycles. The summed E-state index contributed by atoms with van der Waals surface area (Å²) in [4.78, 5) is 4.64. The van der Waals surface area contributed by atoms with Crippen molar-refractivity contribution in [2.45, 2.75) is 20.4 Å². The van der Waals surface area contributed by atoms with Crippen molar-refractivity contribution in [3.63, 3.8) is 0 Å². The Balaban J connectivity index is 2.32. The second kappa shape index (κ2) is 4.84. The van der Waals surface area contributed by atoms with Crippen LogP contribution in [0.5, 0.6) is 5.75 Å². The number of aromatic nitrogens is 2. The first-order valence-corrected chi connectivity index (χ1v) is 6.93. The molecule has 4 heteroatoms. The van der Waals surface area contributed by atoms with Crippen LogP contribution in [0.2, 0.25) is 5.02 Å². The van der Waals surface area contributed by atoms with Crippen molar-refractivity contribution < 1.29 is 5.11 Å². The molecular formula is C16H15ClN2O. The first-order valence-electron chi connectivity index (χ1n) is 6.56. The summed E-state index contributed by atoms with van der Waals surface area (Å²) in [5.74, 6) is 1.01. The molecule has 0 aliphatic carbocycles. The highest BCUT2D eigenvalue weighted by molar-refractivity contribution is 6.31. The van der Waals surface area contributed by atoms with E-state index in [2.05, 4.69) is 16.5 Å². The number of aryl methyl sites for hydroxylation is 2. The molecule has 102 valence electrons. The number of nitrogens with zero attached hydrogens (tertiary/aromatic N) is 2. The van der Waals surface area contributed by atoms with Gasteiger partial charge in [-0.15, -0.1) is 0 Å². The van der Waals surface area contributed by atoms with Gasteiger partial charge in [0, 0.05) is 11.6 Å². The maximum atomic E-state index is 10.1. The van der Waals surface area contributed by atoms with Gasteiger partial charge in [0.2, 0.25) is 0 Å². The van der Waals surface area contributed by atoms with Gasteiger partial charge in [0.05, 0.1) is 16.6 Å². The molecule has 3 rings (SSSR count). The number of phenolic OH excluding ortho intramolecular Hbond substituents is 1. The molecule has 3 aromatic rings. The van der Waals surface area contributed by atoms with Gasteiger partial charge in [0.1, 0.15) is 11.6 Å². The number of benzene rings is 2. The van der Waals surface area contributed by atoms with E-state index in [1.807, 2.05) is 37.3 Å². The second-order valence-electron chi connectivity index (χ2n) is 4.83. The molecule has 0 fully saturated rings. The zero-order valence-electron chi connectivity index (χ0n) is 11.4. The lowest BCUT2D eigenvalue weighted by molar-refractivity contribution is 0.476. The Morgan fingerprint density at radius 3 is 2.75 bits per heavy atom. The zero-order chi connectivity index (χ0) is 14.3. The summed E-state index contributed by atoms with van der Waals surface area (Å²) in [7, 11) is 0. The quantitative estimate of drug-likeness (QED) is 0.759. The average Bonchev–Trinajstić information content (AvgIpc) is 2.78. The van der Waals surface area contributed by atoms with Crippen molar-refractivity contribution in [1.29, 1.82) is 0 Å². The molecule has 0 radical (unpaired) electrons.